The van der Waals surface area contributed by atoms with Crippen LogP contribution < -0.4 is 4.90 Å². The molecule has 2 aromatic carbocycles. The molecule has 27 heavy (non-hydrogen) atoms. The standard InChI is InChI=1S/C23H30N2O2/c1-19-8-6-7-11-22(19)25(23(26)18-27-2)21-13-16-24(17-14-21)15-12-20-9-4-3-5-10-20/h3-11,21H,12-18H2,1-2H3. The second-order valence-electron chi connectivity index (χ2n) is 7.29. The van der Waals surface area contributed by atoms with Crippen LogP contribution in [0.2, 0.25) is 0 Å². The van der Waals surface area contributed by atoms with Crippen LogP contribution in [0.5, 0.6) is 0 Å². The van der Waals surface area contributed by atoms with E-state index in [1.165, 1.54) is 5.56 Å². The zero-order valence-electron chi connectivity index (χ0n) is 16.4. The highest BCUT2D eigenvalue weighted by Gasteiger charge is 2.29. The van der Waals surface area contributed by atoms with Crippen molar-refractivity contribution in [2.75, 3.05) is 38.3 Å². The first-order chi connectivity index (χ1) is 13.2. The summed E-state index contributed by atoms with van der Waals surface area (Å²) in [5, 5.41) is 0. The molecule has 144 valence electrons. The second-order valence-corrected chi connectivity index (χ2v) is 7.29. The maximum absolute atomic E-state index is 12.8. The smallest absolute Gasteiger partial charge is 0.253 e. The third-order valence-electron chi connectivity index (χ3n) is 5.39. The number of piperidine rings is 1. The van der Waals surface area contributed by atoms with Crippen molar-refractivity contribution in [3.63, 3.8) is 0 Å². The van der Waals surface area contributed by atoms with Crippen LogP contribution in [0.25, 0.3) is 0 Å². The highest BCUT2D eigenvalue weighted by molar-refractivity contribution is 5.95. The normalized spacial score (nSPS) is 15.6. The van der Waals surface area contributed by atoms with Gasteiger partial charge in [0.15, 0.2) is 0 Å². The SMILES string of the molecule is COCC(=O)N(c1ccccc1C)C1CCN(CCc2ccccc2)CC1. The van der Waals surface area contributed by atoms with Crippen molar-refractivity contribution in [3.8, 4) is 0 Å². The molecule has 0 atom stereocenters. The minimum absolute atomic E-state index is 0.0505. The summed E-state index contributed by atoms with van der Waals surface area (Å²) in [6, 6.07) is 19.0. The topological polar surface area (TPSA) is 32.8 Å². The van der Waals surface area contributed by atoms with Crippen molar-refractivity contribution in [2.24, 2.45) is 0 Å². The molecular formula is C23H30N2O2. The van der Waals surface area contributed by atoms with Gasteiger partial charge in [0, 0.05) is 38.5 Å². The molecule has 1 heterocycles. The summed E-state index contributed by atoms with van der Waals surface area (Å²) in [6.45, 7) is 5.33. The quantitative estimate of drug-likeness (QED) is 0.749. The van der Waals surface area contributed by atoms with Gasteiger partial charge < -0.3 is 14.5 Å². The molecule has 1 fully saturated rings. The van der Waals surface area contributed by atoms with Crippen LogP contribution >= 0.6 is 0 Å². The summed E-state index contributed by atoms with van der Waals surface area (Å²) in [5.74, 6) is 0.0505. The Labute approximate surface area is 162 Å². The molecule has 0 unspecified atom stereocenters. The van der Waals surface area contributed by atoms with Crippen LogP contribution in [0.4, 0.5) is 5.69 Å². The molecule has 0 spiro atoms. The van der Waals surface area contributed by atoms with Gasteiger partial charge in [-0.2, -0.15) is 0 Å². The Balaban J connectivity index is 1.62. The first-order valence-corrected chi connectivity index (χ1v) is 9.82. The van der Waals surface area contributed by atoms with E-state index in [2.05, 4.69) is 48.2 Å². The molecule has 0 aliphatic carbocycles. The van der Waals surface area contributed by atoms with Crippen LogP contribution in [0.15, 0.2) is 54.6 Å². The summed E-state index contributed by atoms with van der Waals surface area (Å²) in [6.07, 6.45) is 3.08. The van der Waals surface area contributed by atoms with E-state index in [9.17, 15) is 4.79 Å². The number of hydrogen-bond acceptors (Lipinski definition) is 3. The van der Waals surface area contributed by atoms with Gasteiger partial charge in [-0.1, -0.05) is 48.5 Å². The molecule has 1 saturated heterocycles. The molecule has 1 aliphatic rings. The van der Waals surface area contributed by atoms with Crippen LogP contribution in [0.3, 0.4) is 0 Å². The molecule has 1 aliphatic heterocycles. The number of anilines is 1. The van der Waals surface area contributed by atoms with E-state index >= 15 is 0 Å². The fourth-order valence-electron chi connectivity index (χ4n) is 3.89. The first-order valence-electron chi connectivity index (χ1n) is 9.82. The van der Waals surface area contributed by atoms with Gasteiger partial charge in [0.25, 0.3) is 5.91 Å². The lowest BCUT2D eigenvalue weighted by atomic mass is 10.00. The number of para-hydroxylation sites is 1. The number of amides is 1. The van der Waals surface area contributed by atoms with Gasteiger partial charge in [0.2, 0.25) is 0 Å². The third kappa shape index (κ3) is 5.18. The van der Waals surface area contributed by atoms with Crippen LogP contribution in [-0.2, 0) is 16.0 Å². The van der Waals surface area contributed by atoms with Crippen LogP contribution in [-0.4, -0.2) is 50.2 Å². The molecular weight excluding hydrogens is 336 g/mol. The lowest BCUT2D eigenvalue weighted by Gasteiger charge is -2.39. The number of aryl methyl sites for hydroxylation is 1. The maximum atomic E-state index is 12.8. The third-order valence-corrected chi connectivity index (χ3v) is 5.39. The molecule has 0 saturated carbocycles. The van der Waals surface area contributed by atoms with Crippen molar-refractivity contribution in [2.45, 2.75) is 32.2 Å². The number of rotatable bonds is 7. The van der Waals surface area contributed by atoms with Crippen LogP contribution in [0.1, 0.15) is 24.0 Å². The Morgan fingerprint density at radius 2 is 1.74 bits per heavy atom. The monoisotopic (exact) mass is 366 g/mol. The molecule has 0 radical (unpaired) electrons. The maximum Gasteiger partial charge on any atom is 0.253 e. The van der Waals surface area contributed by atoms with E-state index < -0.39 is 0 Å². The van der Waals surface area contributed by atoms with Gasteiger partial charge >= 0.3 is 0 Å². The summed E-state index contributed by atoms with van der Waals surface area (Å²) in [5.41, 5.74) is 3.53. The lowest BCUT2D eigenvalue weighted by Crippen LogP contribution is -2.49. The van der Waals surface area contributed by atoms with Gasteiger partial charge in [-0.05, 0) is 43.4 Å². The Morgan fingerprint density at radius 3 is 2.41 bits per heavy atom. The zero-order valence-corrected chi connectivity index (χ0v) is 16.4. The van der Waals surface area contributed by atoms with Crippen molar-refractivity contribution in [1.82, 2.24) is 4.90 Å². The highest BCUT2D eigenvalue weighted by atomic mass is 16.5. The second kappa shape index (κ2) is 9.67. The number of ether oxygens (including phenoxy) is 1. The number of hydrogen-bond donors (Lipinski definition) is 0. The van der Waals surface area contributed by atoms with Gasteiger partial charge in [-0.3, -0.25) is 4.79 Å². The van der Waals surface area contributed by atoms with E-state index in [4.69, 9.17) is 4.74 Å². The largest absolute Gasteiger partial charge is 0.375 e. The van der Waals surface area contributed by atoms with E-state index in [1.54, 1.807) is 7.11 Å². The molecule has 4 nitrogen and oxygen atoms in total. The van der Waals surface area contributed by atoms with E-state index in [1.807, 2.05) is 23.1 Å². The number of carbonyl (C=O) groups is 1. The molecule has 4 heteroatoms. The minimum atomic E-state index is 0.0505. The molecule has 1 amide bonds. The van der Waals surface area contributed by atoms with Gasteiger partial charge in [-0.15, -0.1) is 0 Å². The number of benzene rings is 2. The number of likely N-dealkylation sites (tertiary alicyclic amines) is 1. The average molecular weight is 367 g/mol. The number of nitrogens with zero attached hydrogens (tertiary/aromatic N) is 2. The molecule has 0 aromatic heterocycles. The summed E-state index contributed by atoms with van der Waals surface area (Å²) < 4.78 is 5.14. The molecule has 0 bridgehead atoms. The minimum Gasteiger partial charge on any atom is -0.375 e. The summed E-state index contributed by atoms with van der Waals surface area (Å²) in [4.78, 5) is 17.3. The van der Waals surface area contributed by atoms with Gasteiger partial charge in [-0.25, -0.2) is 0 Å². The van der Waals surface area contributed by atoms with E-state index in [0.717, 1.165) is 50.1 Å². The van der Waals surface area contributed by atoms with Crippen molar-refractivity contribution >= 4 is 11.6 Å². The fourth-order valence-corrected chi connectivity index (χ4v) is 3.89. The summed E-state index contributed by atoms with van der Waals surface area (Å²) >= 11 is 0. The van der Waals surface area contributed by atoms with Gasteiger partial charge in [0.1, 0.15) is 6.61 Å². The molecule has 2 aromatic rings. The Morgan fingerprint density at radius 1 is 1.07 bits per heavy atom. The Kier molecular flexibility index (Phi) is 7.02. The Bertz CT molecular complexity index is 724. The average Bonchev–Trinajstić information content (AvgIpc) is 2.70. The predicted octanol–water partition coefficient (Wildman–Crippen LogP) is 3.68. The lowest BCUT2D eigenvalue weighted by molar-refractivity contribution is -0.122. The van der Waals surface area contributed by atoms with Crippen LogP contribution in [0, 0.1) is 6.92 Å². The zero-order chi connectivity index (χ0) is 19.1. The fraction of sp³-hybridized carbons (Fsp3) is 0.435. The van der Waals surface area contributed by atoms with Crippen molar-refractivity contribution in [1.29, 1.82) is 0 Å². The first kappa shape index (κ1) is 19.6. The number of methoxy groups -OCH3 is 1. The van der Waals surface area contributed by atoms with Gasteiger partial charge in [0.05, 0.1) is 0 Å². The molecule has 3 rings (SSSR count). The van der Waals surface area contributed by atoms with Crippen molar-refractivity contribution in [3.05, 3.63) is 65.7 Å². The molecule has 0 N–H and O–H groups in total. The van der Waals surface area contributed by atoms with E-state index in [0.29, 0.717) is 0 Å². The van der Waals surface area contributed by atoms with Crippen molar-refractivity contribution < 1.29 is 9.53 Å². The van der Waals surface area contributed by atoms with E-state index in [-0.39, 0.29) is 18.6 Å². The predicted molar refractivity (Wildman–Crippen MR) is 110 cm³/mol. The number of carbonyl (C=O) groups excluding carboxylic acids is 1. The summed E-state index contributed by atoms with van der Waals surface area (Å²) in [7, 11) is 1.58. The Hall–Kier alpha value is -2.17. The highest BCUT2D eigenvalue weighted by Crippen LogP contribution is 2.27.